The summed E-state index contributed by atoms with van der Waals surface area (Å²) >= 11 is 6.90. The molecule has 0 saturated carbocycles. The Kier molecular flexibility index (Phi) is 7.59. The summed E-state index contributed by atoms with van der Waals surface area (Å²) in [6.45, 7) is 0.378. The number of amides is 1. The summed E-state index contributed by atoms with van der Waals surface area (Å²) in [7, 11) is 1.55. The molecule has 1 N–H and O–H groups in total. The second-order valence-electron chi connectivity index (χ2n) is 6.16. The molecule has 0 radical (unpaired) electrons. The molecule has 0 unspecified atom stereocenters. The highest BCUT2D eigenvalue weighted by Crippen LogP contribution is 2.36. The predicted molar refractivity (Wildman–Crippen MR) is 121 cm³/mol. The largest absolute Gasteiger partial charge is 0.493 e. The van der Waals surface area contributed by atoms with Gasteiger partial charge in [-0.15, -0.1) is 0 Å². The van der Waals surface area contributed by atoms with Gasteiger partial charge in [0.2, 0.25) is 0 Å². The number of halogens is 3. The number of hydrogen-bond acceptors (Lipinski definition) is 4. The Hall–Kier alpha value is -2.71. The van der Waals surface area contributed by atoms with Gasteiger partial charge in [0, 0.05) is 10.0 Å². The van der Waals surface area contributed by atoms with Gasteiger partial charge in [-0.05, 0) is 75.6 Å². The molecule has 0 aromatic heterocycles. The van der Waals surface area contributed by atoms with Crippen molar-refractivity contribution in [2.75, 3.05) is 7.11 Å². The third-order valence-corrected chi connectivity index (χ3v) is 5.15. The minimum atomic E-state index is -0.438. The summed E-state index contributed by atoms with van der Waals surface area (Å²) in [5.41, 5.74) is 4.42. The Bertz CT molecular complexity index is 1060. The number of carbonyl (C=O) groups is 1. The number of hydrazone groups is 1. The number of hydrogen-bond donors (Lipinski definition) is 1. The molecule has 0 fully saturated rings. The van der Waals surface area contributed by atoms with Gasteiger partial charge in [0.25, 0.3) is 5.91 Å². The molecule has 8 heteroatoms. The van der Waals surface area contributed by atoms with Gasteiger partial charge in [0.1, 0.15) is 12.4 Å². The molecule has 0 aliphatic rings. The highest BCUT2D eigenvalue weighted by atomic mass is 79.9. The zero-order chi connectivity index (χ0) is 21.5. The van der Waals surface area contributed by atoms with Crippen molar-refractivity contribution in [3.8, 4) is 11.5 Å². The van der Waals surface area contributed by atoms with E-state index >= 15 is 0 Å². The first-order valence-corrected chi connectivity index (χ1v) is 10.4. The van der Waals surface area contributed by atoms with Crippen molar-refractivity contribution >= 4 is 44.0 Å². The molecule has 30 heavy (non-hydrogen) atoms. The van der Waals surface area contributed by atoms with E-state index in [1.165, 1.54) is 30.5 Å². The summed E-state index contributed by atoms with van der Waals surface area (Å²) in [4.78, 5) is 12.0. The van der Waals surface area contributed by atoms with E-state index in [1.54, 1.807) is 19.2 Å². The number of nitrogens with one attached hydrogen (secondary N) is 1. The first kappa shape index (κ1) is 22.0. The maximum absolute atomic E-state index is 12.9. The molecular formula is C22H17Br2FN2O3. The fraction of sp³-hybridized carbons (Fsp3) is 0.0909. The second-order valence-corrected chi connectivity index (χ2v) is 7.93. The minimum Gasteiger partial charge on any atom is -0.493 e. The standard InChI is InChI=1S/C22H17Br2FN2O3/c1-29-20-11-15(12-26-27-22(28)16-4-8-18(25)9-5-16)10-19(24)21(20)30-13-14-2-6-17(23)7-3-14/h2-12H,13H2,1H3,(H,27,28)/b26-12-. The molecule has 0 heterocycles. The van der Waals surface area contributed by atoms with Crippen molar-refractivity contribution in [1.29, 1.82) is 0 Å². The monoisotopic (exact) mass is 534 g/mol. The van der Waals surface area contributed by atoms with Crippen molar-refractivity contribution in [2.45, 2.75) is 6.61 Å². The Morgan fingerprint density at radius 1 is 1.10 bits per heavy atom. The van der Waals surface area contributed by atoms with E-state index in [0.717, 1.165) is 10.0 Å². The van der Waals surface area contributed by atoms with Crippen molar-refractivity contribution in [3.05, 3.63) is 92.1 Å². The van der Waals surface area contributed by atoms with E-state index in [9.17, 15) is 9.18 Å². The zero-order valence-electron chi connectivity index (χ0n) is 15.9. The van der Waals surface area contributed by atoms with Crippen LogP contribution >= 0.6 is 31.9 Å². The van der Waals surface area contributed by atoms with Crippen molar-refractivity contribution in [3.63, 3.8) is 0 Å². The van der Waals surface area contributed by atoms with E-state index in [-0.39, 0.29) is 0 Å². The van der Waals surface area contributed by atoms with Gasteiger partial charge in [0.05, 0.1) is 17.8 Å². The molecule has 3 rings (SSSR count). The first-order valence-electron chi connectivity index (χ1n) is 8.80. The molecule has 1 amide bonds. The van der Waals surface area contributed by atoms with Crippen molar-refractivity contribution in [1.82, 2.24) is 5.43 Å². The van der Waals surface area contributed by atoms with Gasteiger partial charge in [-0.3, -0.25) is 4.79 Å². The normalized spacial score (nSPS) is 10.8. The van der Waals surface area contributed by atoms with Crippen LogP contribution in [0.4, 0.5) is 4.39 Å². The van der Waals surface area contributed by atoms with Gasteiger partial charge in [-0.1, -0.05) is 28.1 Å². The fourth-order valence-electron chi connectivity index (χ4n) is 2.52. The lowest BCUT2D eigenvalue weighted by Crippen LogP contribution is -2.17. The summed E-state index contributed by atoms with van der Waals surface area (Å²) in [6, 6.07) is 16.6. The number of benzene rings is 3. The molecule has 3 aromatic carbocycles. The molecule has 0 aliphatic carbocycles. The Labute approximate surface area is 190 Å². The lowest BCUT2D eigenvalue weighted by atomic mass is 10.2. The average Bonchev–Trinajstić information content (AvgIpc) is 2.74. The SMILES string of the molecule is COc1cc(/C=N\NC(=O)c2ccc(F)cc2)cc(Br)c1OCc1ccc(Br)cc1. The number of rotatable bonds is 7. The molecule has 0 spiro atoms. The maximum Gasteiger partial charge on any atom is 0.271 e. The van der Waals surface area contributed by atoms with Gasteiger partial charge in [-0.2, -0.15) is 5.10 Å². The van der Waals surface area contributed by atoms with Crippen LogP contribution in [0.1, 0.15) is 21.5 Å². The topological polar surface area (TPSA) is 59.9 Å². The molecule has 0 atom stereocenters. The number of methoxy groups -OCH3 is 1. The summed E-state index contributed by atoms with van der Waals surface area (Å²) < 4.78 is 26.0. The first-order chi connectivity index (χ1) is 14.5. The fourth-order valence-corrected chi connectivity index (χ4v) is 3.36. The van der Waals surface area contributed by atoms with Crippen LogP contribution in [-0.2, 0) is 6.61 Å². The quantitative estimate of drug-likeness (QED) is 0.312. The van der Waals surface area contributed by atoms with Crippen LogP contribution in [0.3, 0.4) is 0 Å². The van der Waals surface area contributed by atoms with Crippen molar-refractivity contribution in [2.24, 2.45) is 5.10 Å². The number of ether oxygens (including phenoxy) is 2. The Morgan fingerprint density at radius 3 is 2.47 bits per heavy atom. The minimum absolute atomic E-state index is 0.309. The van der Waals surface area contributed by atoms with Crippen LogP contribution in [0, 0.1) is 5.82 Å². The molecule has 3 aromatic rings. The molecule has 154 valence electrons. The summed E-state index contributed by atoms with van der Waals surface area (Å²) in [6.07, 6.45) is 1.48. The maximum atomic E-state index is 12.9. The van der Waals surface area contributed by atoms with E-state index in [2.05, 4.69) is 42.4 Å². The van der Waals surface area contributed by atoms with E-state index in [4.69, 9.17) is 9.47 Å². The van der Waals surface area contributed by atoms with Gasteiger partial charge in [-0.25, -0.2) is 9.82 Å². The zero-order valence-corrected chi connectivity index (χ0v) is 19.0. The van der Waals surface area contributed by atoms with E-state index in [0.29, 0.717) is 33.7 Å². The van der Waals surface area contributed by atoms with Gasteiger partial charge < -0.3 is 9.47 Å². The van der Waals surface area contributed by atoms with Crippen LogP contribution in [0.5, 0.6) is 11.5 Å². The lowest BCUT2D eigenvalue weighted by molar-refractivity contribution is 0.0955. The second kappa shape index (κ2) is 10.4. The van der Waals surface area contributed by atoms with Gasteiger partial charge >= 0.3 is 0 Å². The predicted octanol–water partition coefficient (Wildman–Crippen LogP) is 5.70. The van der Waals surface area contributed by atoms with Crippen LogP contribution in [0.2, 0.25) is 0 Å². The number of nitrogens with zero attached hydrogens (tertiary/aromatic N) is 1. The Morgan fingerprint density at radius 2 is 1.80 bits per heavy atom. The third-order valence-electron chi connectivity index (χ3n) is 4.03. The smallest absolute Gasteiger partial charge is 0.271 e. The molecule has 0 bridgehead atoms. The van der Waals surface area contributed by atoms with Crippen LogP contribution in [-0.4, -0.2) is 19.2 Å². The van der Waals surface area contributed by atoms with E-state index < -0.39 is 11.7 Å². The van der Waals surface area contributed by atoms with Crippen LogP contribution in [0.15, 0.2) is 74.7 Å². The van der Waals surface area contributed by atoms with Crippen molar-refractivity contribution < 1.29 is 18.7 Å². The Balaban J connectivity index is 1.68. The molecule has 5 nitrogen and oxygen atoms in total. The molecular weight excluding hydrogens is 519 g/mol. The third kappa shape index (κ3) is 5.90. The van der Waals surface area contributed by atoms with Gasteiger partial charge in [0.15, 0.2) is 11.5 Å². The molecule has 0 aliphatic heterocycles. The molecule has 0 saturated heterocycles. The van der Waals surface area contributed by atoms with Crippen LogP contribution in [0.25, 0.3) is 0 Å². The highest BCUT2D eigenvalue weighted by molar-refractivity contribution is 9.10. The summed E-state index contributed by atoms with van der Waals surface area (Å²) in [5, 5.41) is 3.95. The number of carbonyl (C=O) groups excluding carboxylic acids is 1. The lowest BCUT2D eigenvalue weighted by Gasteiger charge is -2.13. The summed E-state index contributed by atoms with van der Waals surface area (Å²) in [5.74, 6) is 0.238. The van der Waals surface area contributed by atoms with Crippen LogP contribution < -0.4 is 14.9 Å². The highest BCUT2D eigenvalue weighted by Gasteiger charge is 2.12. The van der Waals surface area contributed by atoms with E-state index in [1.807, 2.05) is 24.3 Å². The average molecular weight is 536 g/mol.